The number of carbonyl (C=O) groups is 2. The number of nitrogens with one attached hydrogen (secondary N) is 2. The molecule has 1 atom stereocenters. The van der Waals surface area contributed by atoms with Crippen molar-refractivity contribution in [3.63, 3.8) is 0 Å². The van der Waals surface area contributed by atoms with Crippen molar-refractivity contribution in [1.29, 1.82) is 0 Å². The molecule has 0 fully saturated rings. The van der Waals surface area contributed by atoms with Crippen LogP contribution in [0.5, 0.6) is 5.75 Å². The molecule has 0 saturated carbocycles. The molecule has 0 aliphatic carbocycles. The predicted molar refractivity (Wildman–Crippen MR) is 102 cm³/mol. The van der Waals surface area contributed by atoms with Crippen LogP contribution >= 0.6 is 27.5 Å². The van der Waals surface area contributed by atoms with E-state index in [1.165, 1.54) is 0 Å². The van der Waals surface area contributed by atoms with Gasteiger partial charge in [-0.1, -0.05) is 17.7 Å². The molecule has 0 aliphatic rings. The number of amides is 2. The summed E-state index contributed by atoms with van der Waals surface area (Å²) in [6.45, 7) is 4.03. The van der Waals surface area contributed by atoms with Crippen LogP contribution in [0, 0.1) is 0 Å². The van der Waals surface area contributed by atoms with Gasteiger partial charge in [0.1, 0.15) is 5.75 Å². The Labute approximate surface area is 159 Å². The molecule has 0 bridgehead atoms. The standard InChI is InChI=1S/C18H18BrClN2O3/c1-3-21-18(24)12-5-4-6-14(9-12)22-17(23)11(2)25-16-8-7-13(20)10-15(16)19/h4-11H,3H2,1-2H3,(H,21,24)(H,22,23). The molecule has 5 nitrogen and oxygen atoms in total. The lowest BCUT2D eigenvalue weighted by molar-refractivity contribution is -0.122. The molecule has 0 spiro atoms. The normalized spacial score (nSPS) is 11.5. The summed E-state index contributed by atoms with van der Waals surface area (Å²) in [5.41, 5.74) is 1.01. The first-order valence-corrected chi connectivity index (χ1v) is 8.88. The monoisotopic (exact) mass is 424 g/mol. The average molecular weight is 426 g/mol. The minimum atomic E-state index is -0.731. The minimum Gasteiger partial charge on any atom is -0.480 e. The van der Waals surface area contributed by atoms with E-state index in [0.29, 0.717) is 33.0 Å². The Hall–Kier alpha value is -2.05. The van der Waals surface area contributed by atoms with Crippen LogP contribution in [-0.4, -0.2) is 24.5 Å². The summed E-state index contributed by atoms with van der Waals surface area (Å²) in [5.74, 6) is 0.00557. The van der Waals surface area contributed by atoms with E-state index in [-0.39, 0.29) is 11.8 Å². The first-order valence-electron chi connectivity index (χ1n) is 7.71. The maximum absolute atomic E-state index is 12.3. The second-order valence-electron chi connectivity index (χ2n) is 5.26. The SMILES string of the molecule is CCNC(=O)c1cccc(NC(=O)C(C)Oc2ccc(Cl)cc2Br)c1. The molecule has 0 radical (unpaired) electrons. The number of rotatable bonds is 6. The van der Waals surface area contributed by atoms with Crippen molar-refractivity contribution in [3.8, 4) is 5.75 Å². The molecular weight excluding hydrogens is 408 g/mol. The van der Waals surface area contributed by atoms with E-state index in [1.807, 2.05) is 6.92 Å². The molecule has 7 heteroatoms. The minimum absolute atomic E-state index is 0.187. The summed E-state index contributed by atoms with van der Waals surface area (Å²) in [7, 11) is 0. The molecule has 0 heterocycles. The molecule has 25 heavy (non-hydrogen) atoms. The van der Waals surface area contributed by atoms with Gasteiger partial charge in [-0.25, -0.2) is 0 Å². The fourth-order valence-corrected chi connectivity index (χ4v) is 2.84. The lowest BCUT2D eigenvalue weighted by Crippen LogP contribution is -2.30. The van der Waals surface area contributed by atoms with E-state index in [2.05, 4.69) is 26.6 Å². The fraction of sp³-hybridized carbons (Fsp3) is 0.222. The number of ether oxygens (including phenoxy) is 1. The smallest absolute Gasteiger partial charge is 0.265 e. The first-order chi connectivity index (χ1) is 11.9. The van der Waals surface area contributed by atoms with Gasteiger partial charge in [0.15, 0.2) is 6.10 Å². The number of carbonyl (C=O) groups excluding carboxylic acids is 2. The average Bonchev–Trinajstić information content (AvgIpc) is 2.57. The van der Waals surface area contributed by atoms with E-state index in [1.54, 1.807) is 49.4 Å². The highest BCUT2D eigenvalue weighted by molar-refractivity contribution is 9.10. The number of anilines is 1. The van der Waals surface area contributed by atoms with Gasteiger partial charge in [0.05, 0.1) is 4.47 Å². The zero-order valence-electron chi connectivity index (χ0n) is 13.8. The van der Waals surface area contributed by atoms with E-state index in [9.17, 15) is 9.59 Å². The molecule has 2 amide bonds. The van der Waals surface area contributed by atoms with Gasteiger partial charge in [-0.15, -0.1) is 0 Å². The second-order valence-corrected chi connectivity index (χ2v) is 6.56. The van der Waals surface area contributed by atoms with Crippen LogP contribution in [0.1, 0.15) is 24.2 Å². The van der Waals surface area contributed by atoms with Gasteiger partial charge in [-0.05, 0) is 66.2 Å². The van der Waals surface area contributed by atoms with Gasteiger partial charge in [0.25, 0.3) is 11.8 Å². The van der Waals surface area contributed by atoms with Crippen molar-refractivity contribution in [1.82, 2.24) is 5.32 Å². The second kappa shape index (κ2) is 8.87. The first kappa shape index (κ1) is 19.3. The van der Waals surface area contributed by atoms with Gasteiger partial charge in [0, 0.05) is 22.8 Å². The zero-order valence-corrected chi connectivity index (χ0v) is 16.1. The Morgan fingerprint density at radius 3 is 2.68 bits per heavy atom. The Morgan fingerprint density at radius 1 is 1.24 bits per heavy atom. The van der Waals surface area contributed by atoms with Gasteiger partial charge in [0.2, 0.25) is 0 Å². The molecular formula is C18H18BrClN2O3. The lowest BCUT2D eigenvalue weighted by Gasteiger charge is -2.16. The van der Waals surface area contributed by atoms with Gasteiger partial charge in [-0.3, -0.25) is 9.59 Å². The Kier molecular flexibility index (Phi) is 6.84. The van der Waals surface area contributed by atoms with E-state index < -0.39 is 6.10 Å². The third-order valence-electron chi connectivity index (χ3n) is 3.30. The molecule has 132 valence electrons. The van der Waals surface area contributed by atoms with Crippen LogP contribution in [0.15, 0.2) is 46.9 Å². The van der Waals surface area contributed by atoms with Gasteiger partial charge >= 0.3 is 0 Å². The Bertz CT molecular complexity index is 783. The molecule has 2 aromatic carbocycles. The van der Waals surface area contributed by atoms with Gasteiger partial charge in [-0.2, -0.15) is 0 Å². The molecule has 2 rings (SSSR count). The zero-order chi connectivity index (χ0) is 18.4. The quantitative estimate of drug-likeness (QED) is 0.727. The van der Waals surface area contributed by atoms with Crippen LogP contribution in [0.4, 0.5) is 5.69 Å². The van der Waals surface area contributed by atoms with E-state index >= 15 is 0 Å². The third-order valence-corrected chi connectivity index (χ3v) is 4.15. The maximum Gasteiger partial charge on any atom is 0.265 e. The molecule has 0 aliphatic heterocycles. The Morgan fingerprint density at radius 2 is 2.00 bits per heavy atom. The van der Waals surface area contributed by atoms with E-state index in [4.69, 9.17) is 16.3 Å². The maximum atomic E-state index is 12.3. The van der Waals surface area contributed by atoms with Crippen LogP contribution in [0.3, 0.4) is 0 Å². The van der Waals surface area contributed by atoms with Crippen LogP contribution < -0.4 is 15.4 Å². The third kappa shape index (κ3) is 5.47. The van der Waals surface area contributed by atoms with Crippen LogP contribution in [-0.2, 0) is 4.79 Å². The Balaban J connectivity index is 2.03. The summed E-state index contributed by atoms with van der Waals surface area (Å²) in [4.78, 5) is 24.2. The van der Waals surface area contributed by atoms with Crippen molar-refractivity contribution in [3.05, 3.63) is 57.5 Å². The molecule has 1 unspecified atom stereocenters. The van der Waals surface area contributed by atoms with Crippen molar-refractivity contribution in [2.24, 2.45) is 0 Å². The predicted octanol–water partition coefficient (Wildman–Crippen LogP) is 4.26. The number of halogens is 2. The highest BCUT2D eigenvalue weighted by Crippen LogP contribution is 2.28. The van der Waals surface area contributed by atoms with Gasteiger partial charge < -0.3 is 15.4 Å². The molecule has 2 aromatic rings. The summed E-state index contributed by atoms with van der Waals surface area (Å²) < 4.78 is 6.32. The molecule has 2 N–H and O–H groups in total. The van der Waals surface area contributed by atoms with Crippen LogP contribution in [0.25, 0.3) is 0 Å². The molecule has 0 saturated heterocycles. The number of hydrogen-bond donors (Lipinski definition) is 2. The summed E-state index contributed by atoms with van der Waals surface area (Å²) in [6, 6.07) is 11.8. The van der Waals surface area contributed by atoms with E-state index in [0.717, 1.165) is 0 Å². The van der Waals surface area contributed by atoms with Crippen molar-refractivity contribution >= 4 is 45.0 Å². The fourth-order valence-electron chi connectivity index (χ4n) is 2.06. The number of benzene rings is 2. The lowest BCUT2D eigenvalue weighted by atomic mass is 10.2. The summed E-state index contributed by atoms with van der Waals surface area (Å²) in [6.07, 6.45) is -0.731. The summed E-state index contributed by atoms with van der Waals surface area (Å²) in [5, 5.41) is 6.03. The van der Waals surface area contributed by atoms with Crippen molar-refractivity contribution in [2.45, 2.75) is 20.0 Å². The topological polar surface area (TPSA) is 67.4 Å². The summed E-state index contributed by atoms with van der Waals surface area (Å²) >= 11 is 9.23. The van der Waals surface area contributed by atoms with Crippen LogP contribution in [0.2, 0.25) is 5.02 Å². The highest BCUT2D eigenvalue weighted by atomic mass is 79.9. The highest BCUT2D eigenvalue weighted by Gasteiger charge is 2.17. The van der Waals surface area contributed by atoms with Crippen molar-refractivity contribution < 1.29 is 14.3 Å². The van der Waals surface area contributed by atoms with Crippen molar-refractivity contribution in [2.75, 3.05) is 11.9 Å². The largest absolute Gasteiger partial charge is 0.480 e. The molecule has 0 aromatic heterocycles. The number of hydrogen-bond acceptors (Lipinski definition) is 3.